The first-order valence-corrected chi connectivity index (χ1v) is 12.2. The maximum Gasteiger partial charge on any atom is 0.225 e. The Labute approximate surface area is 183 Å². The Morgan fingerprint density at radius 2 is 1.77 bits per heavy atom. The van der Waals surface area contributed by atoms with Gasteiger partial charge in [0.1, 0.15) is 0 Å². The average Bonchev–Trinajstić information content (AvgIpc) is 3.16. The molecule has 2 aliphatic carbocycles. The van der Waals surface area contributed by atoms with Gasteiger partial charge in [0.25, 0.3) is 0 Å². The fourth-order valence-corrected chi connectivity index (χ4v) is 6.65. The van der Waals surface area contributed by atoms with Gasteiger partial charge >= 0.3 is 0 Å². The van der Waals surface area contributed by atoms with Gasteiger partial charge < -0.3 is 15.3 Å². The van der Waals surface area contributed by atoms with Crippen LogP contribution in [0.15, 0.2) is 0 Å². The Morgan fingerprint density at radius 3 is 2.37 bits per heavy atom. The smallest absolute Gasteiger partial charge is 0.225 e. The fraction of sp³-hybridized carbons (Fsp3) is 0.920. The molecule has 2 N–H and O–H groups in total. The van der Waals surface area contributed by atoms with Crippen LogP contribution in [0.25, 0.3) is 0 Å². The van der Waals surface area contributed by atoms with Gasteiger partial charge in [-0.2, -0.15) is 0 Å². The Morgan fingerprint density at radius 1 is 1.17 bits per heavy atom. The molecule has 2 amide bonds. The zero-order chi connectivity index (χ0) is 22.3. The molecule has 0 aromatic rings. The second-order valence-corrected chi connectivity index (χ2v) is 12.0. The van der Waals surface area contributed by atoms with E-state index < -0.39 is 6.10 Å². The molecular weight excluding hydrogens is 376 g/mol. The van der Waals surface area contributed by atoms with Gasteiger partial charge in [0, 0.05) is 31.5 Å². The molecule has 5 heteroatoms. The van der Waals surface area contributed by atoms with Crippen LogP contribution in [0.1, 0.15) is 86.5 Å². The molecule has 1 unspecified atom stereocenters. The Hall–Kier alpha value is -1.10. The van der Waals surface area contributed by atoms with Crippen LogP contribution < -0.4 is 5.32 Å². The number of nitrogens with zero attached hydrogens (tertiary/aromatic N) is 1. The standard InChI is InChI=1S/C25H44N2O3/c1-16(23(30)27-13-7-8-14-27)18-9-11-25(6)12-10-19(17(2)21(25)22(18)29)26-20(28)15-24(3,4)5/h16-19,21-22,29H,7-15H2,1-6H3,(H,26,28)/t16-,17+,18?,19-,21+,22-,25-/m0/s1. The number of hydrogen-bond donors (Lipinski definition) is 2. The molecule has 2 saturated carbocycles. The fourth-order valence-electron chi connectivity index (χ4n) is 6.65. The predicted molar refractivity (Wildman–Crippen MR) is 120 cm³/mol. The third-order valence-electron chi connectivity index (χ3n) is 8.37. The van der Waals surface area contributed by atoms with Gasteiger partial charge in [-0.1, -0.05) is 41.5 Å². The molecule has 1 heterocycles. The number of carbonyl (C=O) groups is 2. The normalized spacial score (nSPS) is 38.1. The minimum Gasteiger partial charge on any atom is -0.392 e. The lowest BCUT2D eigenvalue weighted by Gasteiger charge is -2.56. The van der Waals surface area contributed by atoms with Crippen molar-refractivity contribution in [3.05, 3.63) is 0 Å². The summed E-state index contributed by atoms with van der Waals surface area (Å²) in [4.78, 5) is 27.6. The summed E-state index contributed by atoms with van der Waals surface area (Å²) in [6.45, 7) is 14.5. The molecule has 0 aromatic heterocycles. The largest absolute Gasteiger partial charge is 0.392 e. The number of carbonyl (C=O) groups excluding carboxylic acids is 2. The van der Waals surface area contributed by atoms with Crippen molar-refractivity contribution < 1.29 is 14.7 Å². The molecular formula is C25H44N2O3. The van der Waals surface area contributed by atoms with Gasteiger partial charge in [0.2, 0.25) is 11.8 Å². The lowest BCUT2D eigenvalue weighted by Crippen LogP contribution is -2.58. The lowest BCUT2D eigenvalue weighted by molar-refractivity contribution is -0.150. The second kappa shape index (κ2) is 8.80. The number of amides is 2. The van der Waals surface area contributed by atoms with E-state index in [0.717, 1.165) is 51.6 Å². The molecule has 1 aliphatic heterocycles. The highest BCUT2D eigenvalue weighted by atomic mass is 16.3. The van der Waals surface area contributed by atoms with Gasteiger partial charge in [-0.25, -0.2) is 0 Å². The van der Waals surface area contributed by atoms with Crippen molar-refractivity contribution in [2.24, 2.45) is 34.5 Å². The number of aliphatic hydroxyl groups is 1. The Kier molecular flexibility index (Phi) is 6.91. The average molecular weight is 421 g/mol. The molecule has 7 atom stereocenters. The summed E-state index contributed by atoms with van der Waals surface area (Å²) < 4.78 is 0. The number of hydrogen-bond acceptors (Lipinski definition) is 3. The van der Waals surface area contributed by atoms with Gasteiger partial charge in [0.15, 0.2) is 0 Å². The van der Waals surface area contributed by atoms with E-state index in [-0.39, 0.29) is 52.4 Å². The zero-order valence-corrected chi connectivity index (χ0v) is 20.0. The topological polar surface area (TPSA) is 69.6 Å². The molecule has 172 valence electrons. The van der Waals surface area contributed by atoms with Crippen LogP contribution in [0.3, 0.4) is 0 Å². The molecule has 0 spiro atoms. The monoisotopic (exact) mass is 420 g/mol. The number of fused-ring (bicyclic) bond motifs is 1. The quantitative estimate of drug-likeness (QED) is 0.722. The van der Waals surface area contributed by atoms with E-state index >= 15 is 0 Å². The van der Waals surface area contributed by atoms with Crippen LogP contribution in [-0.4, -0.2) is 47.1 Å². The number of likely N-dealkylation sites (tertiary alicyclic amines) is 1. The molecule has 0 bridgehead atoms. The molecule has 0 aromatic carbocycles. The molecule has 3 aliphatic rings. The molecule has 1 saturated heterocycles. The summed E-state index contributed by atoms with van der Waals surface area (Å²) >= 11 is 0. The lowest BCUT2D eigenvalue weighted by atomic mass is 9.51. The summed E-state index contributed by atoms with van der Waals surface area (Å²) in [7, 11) is 0. The van der Waals surface area contributed by atoms with Gasteiger partial charge in [-0.15, -0.1) is 0 Å². The highest BCUT2D eigenvalue weighted by molar-refractivity contribution is 5.79. The van der Waals surface area contributed by atoms with E-state index in [0.29, 0.717) is 6.42 Å². The van der Waals surface area contributed by atoms with Crippen LogP contribution in [0, 0.1) is 34.5 Å². The van der Waals surface area contributed by atoms with Crippen molar-refractivity contribution in [2.45, 2.75) is 98.6 Å². The van der Waals surface area contributed by atoms with E-state index in [1.165, 1.54) is 0 Å². The minimum absolute atomic E-state index is 0.0163. The molecule has 5 nitrogen and oxygen atoms in total. The second-order valence-electron chi connectivity index (χ2n) is 12.0. The summed E-state index contributed by atoms with van der Waals surface area (Å²) in [6, 6.07) is 0.107. The first kappa shape index (κ1) is 23.6. The highest BCUT2D eigenvalue weighted by Gasteiger charge is 2.54. The number of rotatable bonds is 4. The van der Waals surface area contributed by atoms with Crippen molar-refractivity contribution in [1.82, 2.24) is 10.2 Å². The van der Waals surface area contributed by atoms with E-state index in [4.69, 9.17) is 0 Å². The van der Waals surface area contributed by atoms with Crippen molar-refractivity contribution in [2.75, 3.05) is 13.1 Å². The Bertz CT molecular complexity index is 637. The van der Waals surface area contributed by atoms with E-state index in [1.807, 2.05) is 11.8 Å². The molecule has 3 rings (SSSR count). The first-order chi connectivity index (χ1) is 13.9. The zero-order valence-electron chi connectivity index (χ0n) is 20.0. The third kappa shape index (κ3) is 4.87. The van der Waals surface area contributed by atoms with Crippen molar-refractivity contribution in [3.8, 4) is 0 Å². The van der Waals surface area contributed by atoms with Crippen molar-refractivity contribution in [1.29, 1.82) is 0 Å². The summed E-state index contributed by atoms with van der Waals surface area (Å²) in [5.41, 5.74) is 0.0638. The van der Waals surface area contributed by atoms with Crippen LogP contribution >= 0.6 is 0 Å². The number of nitrogens with one attached hydrogen (secondary N) is 1. The maximum atomic E-state index is 13.0. The van der Waals surface area contributed by atoms with E-state index in [2.05, 4.69) is 39.9 Å². The molecule has 0 radical (unpaired) electrons. The van der Waals surface area contributed by atoms with Crippen LogP contribution in [0.2, 0.25) is 0 Å². The van der Waals surface area contributed by atoms with Crippen LogP contribution in [0.4, 0.5) is 0 Å². The molecule has 3 fully saturated rings. The van der Waals surface area contributed by atoms with E-state index in [1.54, 1.807) is 0 Å². The van der Waals surface area contributed by atoms with Crippen molar-refractivity contribution >= 4 is 11.8 Å². The summed E-state index contributed by atoms with van der Waals surface area (Å²) in [5.74, 6) is 0.549. The van der Waals surface area contributed by atoms with E-state index in [9.17, 15) is 14.7 Å². The first-order valence-electron chi connectivity index (χ1n) is 12.2. The Balaban J connectivity index is 1.70. The third-order valence-corrected chi connectivity index (χ3v) is 8.37. The summed E-state index contributed by atoms with van der Waals surface area (Å²) in [5, 5.41) is 14.8. The van der Waals surface area contributed by atoms with Crippen molar-refractivity contribution in [3.63, 3.8) is 0 Å². The highest BCUT2D eigenvalue weighted by Crippen LogP contribution is 2.55. The van der Waals surface area contributed by atoms with Gasteiger partial charge in [-0.05, 0) is 67.1 Å². The minimum atomic E-state index is -0.484. The SMILES string of the molecule is C[C@H]1[C@@H]2[C@@H](O)C([C@H](C)C(=O)N3CCCC3)CC[C@@]2(C)CC[C@@H]1NC(=O)CC(C)(C)C. The van der Waals surface area contributed by atoms with Crippen LogP contribution in [-0.2, 0) is 9.59 Å². The summed E-state index contributed by atoms with van der Waals surface area (Å²) in [6.07, 6.45) is 6.21. The maximum absolute atomic E-state index is 13.0. The van der Waals surface area contributed by atoms with Gasteiger partial charge in [0.05, 0.1) is 6.10 Å². The predicted octanol–water partition coefficient (Wildman–Crippen LogP) is 3.99. The van der Waals surface area contributed by atoms with Crippen LogP contribution in [0.5, 0.6) is 0 Å². The molecule has 30 heavy (non-hydrogen) atoms. The van der Waals surface area contributed by atoms with Gasteiger partial charge in [-0.3, -0.25) is 9.59 Å². The number of aliphatic hydroxyl groups excluding tert-OH is 1.